The van der Waals surface area contributed by atoms with Crippen molar-refractivity contribution < 1.29 is 4.74 Å². The van der Waals surface area contributed by atoms with Crippen molar-refractivity contribution in [3.63, 3.8) is 0 Å². The Balaban J connectivity index is 0.00000338. The van der Waals surface area contributed by atoms with Gasteiger partial charge in [-0.05, 0) is 24.1 Å². The highest BCUT2D eigenvalue weighted by molar-refractivity contribution is 14.0. The van der Waals surface area contributed by atoms with Gasteiger partial charge >= 0.3 is 0 Å². The summed E-state index contributed by atoms with van der Waals surface area (Å²) in [7, 11) is 3.48. The molecule has 0 unspecified atom stereocenters. The van der Waals surface area contributed by atoms with E-state index in [1.165, 1.54) is 10.6 Å². The summed E-state index contributed by atoms with van der Waals surface area (Å²) >= 11 is 1.74. The predicted octanol–water partition coefficient (Wildman–Crippen LogP) is 3.84. The molecule has 0 aliphatic carbocycles. The van der Waals surface area contributed by atoms with Crippen LogP contribution in [0.2, 0.25) is 0 Å². The molecule has 0 aliphatic rings. The number of methoxy groups -OCH3 is 1. The van der Waals surface area contributed by atoms with Crippen molar-refractivity contribution in [3.8, 4) is 5.75 Å². The summed E-state index contributed by atoms with van der Waals surface area (Å²) in [5.74, 6) is 2.21. The van der Waals surface area contributed by atoms with Gasteiger partial charge in [0.2, 0.25) is 0 Å². The highest BCUT2D eigenvalue weighted by Gasteiger charge is 2.06. The molecule has 1 heterocycles. The number of nitrogens with zero attached hydrogens (tertiary/aromatic N) is 2. The summed E-state index contributed by atoms with van der Waals surface area (Å²) in [5.41, 5.74) is 2.42. The van der Waals surface area contributed by atoms with Crippen LogP contribution < -0.4 is 15.4 Å². The molecule has 26 heavy (non-hydrogen) atoms. The molecule has 1 aromatic heterocycles. The zero-order valence-corrected chi connectivity index (χ0v) is 19.1. The maximum Gasteiger partial charge on any atom is 0.190 e. The quantitative estimate of drug-likeness (QED) is 0.337. The molecule has 0 aliphatic heterocycles. The van der Waals surface area contributed by atoms with Gasteiger partial charge in [-0.15, -0.1) is 35.3 Å². The lowest BCUT2D eigenvalue weighted by molar-refractivity contribution is 0.414. The third-order valence-corrected chi connectivity index (χ3v) is 5.02. The maximum absolute atomic E-state index is 5.18. The lowest BCUT2D eigenvalue weighted by Crippen LogP contribution is -2.39. The molecular formula is C19H29IN4OS. The van der Waals surface area contributed by atoms with Gasteiger partial charge < -0.3 is 15.4 Å². The minimum atomic E-state index is 0. The van der Waals surface area contributed by atoms with E-state index in [4.69, 9.17) is 4.74 Å². The van der Waals surface area contributed by atoms with Gasteiger partial charge in [-0.25, -0.2) is 4.98 Å². The van der Waals surface area contributed by atoms with Crippen LogP contribution in [-0.2, 0) is 12.8 Å². The summed E-state index contributed by atoms with van der Waals surface area (Å²) in [6.07, 6.45) is 1.84. The second-order valence-electron chi connectivity index (χ2n) is 6.11. The third-order valence-electron chi connectivity index (χ3n) is 3.83. The van der Waals surface area contributed by atoms with E-state index in [0.29, 0.717) is 5.92 Å². The van der Waals surface area contributed by atoms with E-state index in [-0.39, 0.29) is 24.0 Å². The number of rotatable bonds is 8. The lowest BCUT2D eigenvalue weighted by Gasteiger charge is -2.11. The van der Waals surface area contributed by atoms with Crippen molar-refractivity contribution in [2.75, 3.05) is 27.2 Å². The van der Waals surface area contributed by atoms with Gasteiger partial charge in [0.25, 0.3) is 0 Å². The molecule has 0 fully saturated rings. The number of aliphatic imine (C=N–C) groups is 1. The first-order chi connectivity index (χ1) is 12.1. The zero-order valence-electron chi connectivity index (χ0n) is 15.9. The molecule has 144 valence electrons. The number of ether oxygens (including phenoxy) is 1. The van der Waals surface area contributed by atoms with Crippen LogP contribution in [-0.4, -0.2) is 38.2 Å². The number of guanidine groups is 1. The zero-order chi connectivity index (χ0) is 18.1. The highest BCUT2D eigenvalue weighted by Crippen LogP contribution is 2.19. The van der Waals surface area contributed by atoms with Crippen molar-refractivity contribution in [2.24, 2.45) is 4.99 Å². The van der Waals surface area contributed by atoms with E-state index in [1.807, 2.05) is 12.1 Å². The average Bonchev–Trinajstić information content (AvgIpc) is 3.10. The normalized spacial score (nSPS) is 11.2. The standard InChI is InChI=1S/C19H28N4OS.HI/c1-14(2)18-23-16(13-25-18)10-12-22-19(20-3)21-11-9-15-5-7-17(24-4)8-6-15;/h5-8,13-14H,9-12H2,1-4H3,(H2,20,21,22);1H. The molecule has 0 spiro atoms. The lowest BCUT2D eigenvalue weighted by atomic mass is 10.1. The Labute approximate surface area is 177 Å². The minimum absolute atomic E-state index is 0. The number of benzene rings is 1. The fraction of sp³-hybridized carbons (Fsp3) is 0.474. The van der Waals surface area contributed by atoms with Crippen LogP contribution in [0.1, 0.15) is 36.0 Å². The summed E-state index contributed by atoms with van der Waals surface area (Å²) in [6, 6.07) is 8.15. The first-order valence-corrected chi connectivity index (χ1v) is 9.52. The van der Waals surface area contributed by atoms with Gasteiger partial charge in [0.1, 0.15) is 5.75 Å². The van der Waals surface area contributed by atoms with Crippen molar-refractivity contribution in [3.05, 3.63) is 45.9 Å². The van der Waals surface area contributed by atoms with Gasteiger partial charge in [-0.1, -0.05) is 26.0 Å². The molecule has 0 radical (unpaired) electrons. The monoisotopic (exact) mass is 488 g/mol. The Bertz CT molecular complexity index is 670. The molecule has 2 aromatic rings. The molecule has 1 aromatic carbocycles. The molecule has 0 bridgehead atoms. The molecular weight excluding hydrogens is 459 g/mol. The second-order valence-corrected chi connectivity index (χ2v) is 7.00. The van der Waals surface area contributed by atoms with E-state index >= 15 is 0 Å². The Kier molecular flexibility index (Phi) is 10.6. The summed E-state index contributed by atoms with van der Waals surface area (Å²) in [5, 5.41) is 10.0. The van der Waals surface area contributed by atoms with E-state index in [1.54, 1.807) is 25.5 Å². The van der Waals surface area contributed by atoms with Crippen LogP contribution >= 0.6 is 35.3 Å². The number of halogens is 1. The van der Waals surface area contributed by atoms with Gasteiger partial charge in [0.05, 0.1) is 17.8 Å². The van der Waals surface area contributed by atoms with Crippen LogP contribution in [0, 0.1) is 0 Å². The first-order valence-electron chi connectivity index (χ1n) is 8.64. The fourth-order valence-corrected chi connectivity index (χ4v) is 3.22. The molecule has 7 heteroatoms. The second kappa shape index (κ2) is 12.1. The molecule has 0 saturated carbocycles. The Morgan fingerprint density at radius 3 is 2.35 bits per heavy atom. The molecule has 5 nitrogen and oxygen atoms in total. The summed E-state index contributed by atoms with van der Waals surface area (Å²) < 4.78 is 5.18. The summed E-state index contributed by atoms with van der Waals surface area (Å²) in [4.78, 5) is 8.92. The SMILES string of the molecule is CN=C(NCCc1ccc(OC)cc1)NCCc1csc(C(C)C)n1.I. The average molecular weight is 488 g/mol. The van der Waals surface area contributed by atoms with Crippen LogP contribution in [0.25, 0.3) is 0 Å². The molecule has 2 rings (SSSR count). The molecule has 2 N–H and O–H groups in total. The summed E-state index contributed by atoms with van der Waals surface area (Å²) in [6.45, 7) is 6.01. The van der Waals surface area contributed by atoms with Crippen molar-refractivity contribution >= 4 is 41.3 Å². The topological polar surface area (TPSA) is 58.5 Å². The molecule has 0 amide bonds. The van der Waals surface area contributed by atoms with Gasteiger partial charge in [-0.2, -0.15) is 0 Å². The van der Waals surface area contributed by atoms with Crippen molar-refractivity contribution in [1.82, 2.24) is 15.6 Å². The smallest absolute Gasteiger partial charge is 0.190 e. The fourth-order valence-electron chi connectivity index (χ4n) is 2.35. The Morgan fingerprint density at radius 2 is 1.81 bits per heavy atom. The van der Waals surface area contributed by atoms with Crippen molar-refractivity contribution in [1.29, 1.82) is 0 Å². The molecule has 0 saturated heterocycles. The van der Waals surface area contributed by atoms with Crippen molar-refractivity contribution in [2.45, 2.75) is 32.6 Å². The van der Waals surface area contributed by atoms with E-state index in [2.05, 4.69) is 52.0 Å². The van der Waals surface area contributed by atoms with Gasteiger partial charge in [0.15, 0.2) is 5.96 Å². The van der Waals surface area contributed by atoms with Crippen LogP contribution in [0.4, 0.5) is 0 Å². The number of hydrogen-bond donors (Lipinski definition) is 2. The number of nitrogens with one attached hydrogen (secondary N) is 2. The maximum atomic E-state index is 5.18. The highest BCUT2D eigenvalue weighted by atomic mass is 127. The number of hydrogen-bond acceptors (Lipinski definition) is 4. The van der Waals surface area contributed by atoms with E-state index in [0.717, 1.165) is 43.3 Å². The largest absolute Gasteiger partial charge is 0.497 e. The Hall–Kier alpha value is -1.35. The minimum Gasteiger partial charge on any atom is -0.497 e. The van der Waals surface area contributed by atoms with Gasteiger partial charge in [-0.3, -0.25) is 4.99 Å². The van der Waals surface area contributed by atoms with E-state index < -0.39 is 0 Å². The van der Waals surface area contributed by atoms with Crippen LogP contribution in [0.3, 0.4) is 0 Å². The van der Waals surface area contributed by atoms with Crippen LogP contribution in [0.5, 0.6) is 5.75 Å². The molecule has 0 atom stereocenters. The first kappa shape index (κ1) is 22.7. The predicted molar refractivity (Wildman–Crippen MR) is 121 cm³/mol. The van der Waals surface area contributed by atoms with E-state index in [9.17, 15) is 0 Å². The van der Waals surface area contributed by atoms with Crippen LogP contribution in [0.15, 0.2) is 34.6 Å². The number of aromatic nitrogens is 1. The third kappa shape index (κ3) is 7.49. The number of thiazole rings is 1. The van der Waals surface area contributed by atoms with Gasteiger partial charge in [0, 0.05) is 37.9 Å². The Morgan fingerprint density at radius 1 is 1.15 bits per heavy atom.